The molecule has 0 fully saturated rings. The Morgan fingerprint density at radius 2 is 1.86 bits per heavy atom. The molecule has 1 aromatic carbocycles. The van der Waals surface area contributed by atoms with E-state index in [0.29, 0.717) is 11.8 Å². The minimum atomic E-state index is -4.36. The van der Waals surface area contributed by atoms with Crippen LogP contribution in [-0.4, -0.2) is 19.3 Å². The maximum atomic E-state index is 10.5. The first kappa shape index (κ1) is 10.8. The molecule has 1 rings (SSSR count). The zero-order valence-electron chi connectivity index (χ0n) is 7.12. The van der Waals surface area contributed by atoms with E-state index in [-0.39, 0.29) is 0 Å². The molecule has 6 heteroatoms. The second-order valence-electron chi connectivity index (χ2n) is 2.62. The van der Waals surface area contributed by atoms with Crippen molar-refractivity contribution in [3.05, 3.63) is 35.9 Å². The third-order valence-electron chi connectivity index (χ3n) is 1.57. The van der Waals surface area contributed by atoms with Crippen LogP contribution in [0.25, 0.3) is 0 Å². The van der Waals surface area contributed by atoms with Gasteiger partial charge in [-0.25, -0.2) is 0 Å². The Morgan fingerprint density at radius 1 is 1.29 bits per heavy atom. The van der Waals surface area contributed by atoms with E-state index in [0.717, 1.165) is 0 Å². The zero-order chi connectivity index (χ0) is 10.6. The molecule has 0 saturated heterocycles. The molecule has 1 aromatic rings. The van der Waals surface area contributed by atoms with Crippen LogP contribution in [0.1, 0.15) is 11.6 Å². The average Bonchev–Trinajstić information content (AvgIpc) is 2.14. The van der Waals surface area contributed by atoms with E-state index >= 15 is 0 Å². The summed E-state index contributed by atoms with van der Waals surface area (Å²) in [6.45, 7) is 0. The standard InChI is InChI=1S/C8H9NO4S/c10-6-8(9-14(11,12)13)7-4-2-1-3-5-7/h1-6,8-9H,(H,11,12,13)/t8-/m1/s1. The predicted octanol–water partition coefficient (Wildman–Crippen LogP) is 0.319. The maximum Gasteiger partial charge on any atom is 0.334 e. The van der Waals surface area contributed by atoms with Crippen LogP contribution in [0.3, 0.4) is 0 Å². The summed E-state index contributed by atoms with van der Waals surface area (Å²) in [5.41, 5.74) is 0.472. The van der Waals surface area contributed by atoms with Gasteiger partial charge in [0.05, 0.1) is 0 Å². The van der Waals surface area contributed by atoms with Gasteiger partial charge in [-0.1, -0.05) is 30.3 Å². The van der Waals surface area contributed by atoms with Crippen LogP contribution in [0, 0.1) is 0 Å². The highest BCUT2D eigenvalue weighted by atomic mass is 32.2. The maximum absolute atomic E-state index is 10.5. The van der Waals surface area contributed by atoms with Gasteiger partial charge >= 0.3 is 10.3 Å². The fraction of sp³-hybridized carbons (Fsp3) is 0.125. The van der Waals surface area contributed by atoms with Crippen molar-refractivity contribution in [1.29, 1.82) is 0 Å². The first-order valence-electron chi connectivity index (χ1n) is 3.78. The SMILES string of the molecule is O=C[C@@H](NS(=O)(=O)O)c1ccccc1. The van der Waals surface area contributed by atoms with Crippen molar-refractivity contribution in [2.45, 2.75) is 6.04 Å². The van der Waals surface area contributed by atoms with Gasteiger partial charge in [0.1, 0.15) is 12.3 Å². The molecule has 0 aliphatic rings. The summed E-state index contributed by atoms with van der Waals surface area (Å²) >= 11 is 0. The zero-order valence-corrected chi connectivity index (χ0v) is 7.94. The highest BCUT2D eigenvalue weighted by Gasteiger charge is 2.15. The molecular weight excluding hydrogens is 206 g/mol. The quantitative estimate of drug-likeness (QED) is 0.559. The lowest BCUT2D eigenvalue weighted by atomic mass is 10.1. The van der Waals surface area contributed by atoms with Gasteiger partial charge in [-0.05, 0) is 5.56 Å². The van der Waals surface area contributed by atoms with Crippen molar-refractivity contribution < 1.29 is 17.8 Å². The molecule has 76 valence electrons. The van der Waals surface area contributed by atoms with E-state index in [4.69, 9.17) is 4.55 Å². The summed E-state index contributed by atoms with van der Waals surface area (Å²) in [6.07, 6.45) is 0.406. The van der Waals surface area contributed by atoms with Gasteiger partial charge < -0.3 is 4.79 Å². The lowest BCUT2D eigenvalue weighted by Crippen LogP contribution is -2.28. The molecule has 0 unspecified atom stereocenters. The second kappa shape index (κ2) is 4.32. The second-order valence-corrected chi connectivity index (χ2v) is 3.80. The third kappa shape index (κ3) is 3.25. The van der Waals surface area contributed by atoms with Crippen LogP contribution < -0.4 is 4.72 Å². The van der Waals surface area contributed by atoms with E-state index in [2.05, 4.69) is 0 Å². The van der Waals surface area contributed by atoms with Crippen LogP contribution in [-0.2, 0) is 15.1 Å². The number of carbonyl (C=O) groups excluding carboxylic acids is 1. The van der Waals surface area contributed by atoms with E-state index in [1.807, 2.05) is 0 Å². The number of benzene rings is 1. The number of hydrogen-bond acceptors (Lipinski definition) is 3. The Kier molecular flexibility index (Phi) is 3.34. The van der Waals surface area contributed by atoms with Crippen molar-refractivity contribution in [2.75, 3.05) is 0 Å². The number of rotatable bonds is 4. The molecule has 0 heterocycles. The van der Waals surface area contributed by atoms with Crippen molar-refractivity contribution in [1.82, 2.24) is 4.72 Å². The summed E-state index contributed by atoms with van der Waals surface area (Å²) in [5.74, 6) is 0. The molecule has 1 atom stereocenters. The number of carbonyl (C=O) groups is 1. The van der Waals surface area contributed by atoms with Crippen molar-refractivity contribution in [3.8, 4) is 0 Å². The normalized spacial score (nSPS) is 13.5. The van der Waals surface area contributed by atoms with Gasteiger partial charge in [0.2, 0.25) is 0 Å². The monoisotopic (exact) mass is 215 g/mol. The van der Waals surface area contributed by atoms with Crippen LogP contribution in [0.5, 0.6) is 0 Å². The molecule has 2 N–H and O–H groups in total. The lowest BCUT2D eigenvalue weighted by Gasteiger charge is -2.09. The van der Waals surface area contributed by atoms with E-state index in [1.165, 1.54) is 0 Å². The van der Waals surface area contributed by atoms with Gasteiger partial charge in [-0.15, -0.1) is 0 Å². The molecule has 5 nitrogen and oxygen atoms in total. The minimum absolute atomic E-state index is 0.406. The predicted molar refractivity (Wildman–Crippen MR) is 49.9 cm³/mol. The molecule has 0 aliphatic heterocycles. The van der Waals surface area contributed by atoms with Gasteiger partial charge in [0.25, 0.3) is 0 Å². The summed E-state index contributed by atoms with van der Waals surface area (Å²) < 4.78 is 31.2. The van der Waals surface area contributed by atoms with Crippen molar-refractivity contribution >= 4 is 16.6 Å². The fourth-order valence-corrected chi connectivity index (χ4v) is 1.51. The molecule has 0 bridgehead atoms. The summed E-state index contributed by atoms with van der Waals surface area (Å²) in [5, 5.41) is 0. The molecule has 0 spiro atoms. The smallest absolute Gasteiger partial charge is 0.301 e. The Morgan fingerprint density at radius 3 is 2.29 bits per heavy atom. The highest BCUT2D eigenvalue weighted by molar-refractivity contribution is 7.83. The van der Waals surface area contributed by atoms with Gasteiger partial charge in [-0.2, -0.15) is 13.1 Å². The van der Waals surface area contributed by atoms with E-state index < -0.39 is 16.3 Å². The number of nitrogens with one attached hydrogen (secondary N) is 1. The van der Waals surface area contributed by atoms with Crippen LogP contribution in [0.4, 0.5) is 0 Å². The van der Waals surface area contributed by atoms with Crippen molar-refractivity contribution in [3.63, 3.8) is 0 Å². The van der Waals surface area contributed by atoms with Crippen molar-refractivity contribution in [2.24, 2.45) is 0 Å². The first-order chi connectivity index (χ1) is 6.53. The van der Waals surface area contributed by atoms with E-state index in [9.17, 15) is 13.2 Å². The van der Waals surface area contributed by atoms with Gasteiger partial charge in [-0.3, -0.25) is 4.55 Å². The Bertz CT molecular complexity index is 401. The average molecular weight is 215 g/mol. The molecular formula is C8H9NO4S. The third-order valence-corrected chi connectivity index (χ3v) is 2.12. The summed E-state index contributed by atoms with van der Waals surface area (Å²) in [6, 6.07) is 7.17. The Labute approximate surface area is 81.6 Å². The topological polar surface area (TPSA) is 83.5 Å². The summed E-state index contributed by atoms with van der Waals surface area (Å²) in [4.78, 5) is 10.5. The molecule has 0 aromatic heterocycles. The first-order valence-corrected chi connectivity index (χ1v) is 5.22. The largest absolute Gasteiger partial charge is 0.334 e. The molecule has 0 radical (unpaired) electrons. The highest BCUT2D eigenvalue weighted by Crippen LogP contribution is 2.10. The van der Waals surface area contributed by atoms with Gasteiger partial charge in [0.15, 0.2) is 0 Å². The number of hydrogen-bond donors (Lipinski definition) is 2. The molecule has 0 aliphatic carbocycles. The fourth-order valence-electron chi connectivity index (χ4n) is 0.995. The van der Waals surface area contributed by atoms with Gasteiger partial charge in [0, 0.05) is 0 Å². The molecule has 14 heavy (non-hydrogen) atoms. The lowest BCUT2D eigenvalue weighted by molar-refractivity contribution is -0.109. The Hall–Kier alpha value is -1.24. The summed E-state index contributed by atoms with van der Waals surface area (Å²) in [7, 11) is -4.36. The van der Waals surface area contributed by atoms with Crippen LogP contribution >= 0.6 is 0 Å². The minimum Gasteiger partial charge on any atom is -0.301 e. The Balaban J connectivity index is 2.89. The molecule has 0 saturated carbocycles. The van der Waals surface area contributed by atoms with Crippen LogP contribution in [0.15, 0.2) is 30.3 Å². The number of aldehydes is 1. The van der Waals surface area contributed by atoms with Crippen LogP contribution in [0.2, 0.25) is 0 Å². The van der Waals surface area contributed by atoms with E-state index in [1.54, 1.807) is 35.1 Å². The molecule has 0 amide bonds.